The number of aromatic nitrogens is 2. The maximum atomic E-state index is 14.4. The normalized spacial score (nSPS) is 16.6. The van der Waals surface area contributed by atoms with E-state index in [1.54, 1.807) is 12.1 Å². The fourth-order valence-electron chi connectivity index (χ4n) is 9.63. The van der Waals surface area contributed by atoms with Gasteiger partial charge in [-0.15, -0.1) is 0 Å². The van der Waals surface area contributed by atoms with E-state index in [1.165, 1.54) is 32.9 Å². The molecule has 1 aliphatic carbocycles. The molecule has 0 bridgehead atoms. The van der Waals surface area contributed by atoms with Gasteiger partial charge in [-0.05, 0) is 89.2 Å². The summed E-state index contributed by atoms with van der Waals surface area (Å²) >= 11 is 0. The second-order valence-electron chi connectivity index (χ2n) is 15.0. The van der Waals surface area contributed by atoms with Crippen LogP contribution >= 0.6 is 0 Å². The number of sulfone groups is 1. The molecule has 0 N–H and O–H groups in total. The van der Waals surface area contributed by atoms with Gasteiger partial charge < -0.3 is 9.13 Å². The third-order valence-electron chi connectivity index (χ3n) is 12.0. The van der Waals surface area contributed by atoms with E-state index in [9.17, 15) is 8.42 Å². The molecule has 2 aliphatic rings. The summed E-state index contributed by atoms with van der Waals surface area (Å²) in [4.78, 5) is 0.686. The molecule has 7 aromatic carbocycles. The highest BCUT2D eigenvalue weighted by Crippen LogP contribution is 2.54. The Labute approximate surface area is 320 Å². The Morgan fingerprint density at radius 1 is 0.509 bits per heavy atom. The molecule has 0 spiro atoms. The van der Waals surface area contributed by atoms with Crippen molar-refractivity contribution >= 4 is 48.6 Å². The number of para-hydroxylation sites is 3. The van der Waals surface area contributed by atoms with Crippen molar-refractivity contribution in [3.05, 3.63) is 209 Å². The van der Waals surface area contributed by atoms with Crippen molar-refractivity contribution in [2.24, 2.45) is 5.92 Å². The average Bonchev–Trinajstić information content (AvgIpc) is 3.74. The van der Waals surface area contributed by atoms with Crippen LogP contribution in [0.25, 0.3) is 50.2 Å². The van der Waals surface area contributed by atoms with Gasteiger partial charge in [0.05, 0.1) is 31.8 Å². The van der Waals surface area contributed by atoms with Gasteiger partial charge >= 0.3 is 0 Å². The molecule has 0 saturated carbocycles. The first-order valence-corrected chi connectivity index (χ1v) is 20.4. The number of nitrogens with zero attached hydrogens (tertiary/aromatic N) is 2. The first-order chi connectivity index (χ1) is 27.0. The quantitative estimate of drug-likeness (QED) is 0.181. The Hall–Kier alpha value is -6.43. The number of rotatable bonds is 4. The van der Waals surface area contributed by atoms with Crippen LogP contribution in [0.2, 0.25) is 0 Å². The summed E-state index contributed by atoms with van der Waals surface area (Å²) in [5, 5.41) is 3.67. The molecule has 0 fully saturated rings. The van der Waals surface area contributed by atoms with Gasteiger partial charge in [0.1, 0.15) is 0 Å². The highest BCUT2D eigenvalue weighted by Gasteiger charge is 2.48. The van der Waals surface area contributed by atoms with Crippen molar-refractivity contribution in [3.63, 3.8) is 0 Å². The highest BCUT2D eigenvalue weighted by atomic mass is 32.2. The first kappa shape index (κ1) is 32.0. The summed E-state index contributed by atoms with van der Waals surface area (Å²) in [5.41, 5.74) is 10.8. The highest BCUT2D eigenvalue weighted by molar-refractivity contribution is 7.91. The number of hydrogen-bond acceptors (Lipinski definition) is 2. The van der Waals surface area contributed by atoms with E-state index in [1.807, 2.05) is 36.4 Å². The van der Waals surface area contributed by atoms with Crippen LogP contribution in [-0.2, 0) is 21.7 Å². The van der Waals surface area contributed by atoms with Crippen molar-refractivity contribution in [1.82, 2.24) is 9.13 Å². The minimum atomic E-state index is -3.78. The van der Waals surface area contributed by atoms with Gasteiger partial charge in [-0.25, -0.2) is 8.42 Å². The fourth-order valence-corrected chi connectivity index (χ4v) is 11.4. The summed E-state index contributed by atoms with van der Waals surface area (Å²) in [5.74, 6) is 0.445. The van der Waals surface area contributed by atoms with Crippen LogP contribution in [0.1, 0.15) is 40.4 Å². The van der Waals surface area contributed by atoms with E-state index in [-0.39, 0.29) is 0 Å². The largest absolute Gasteiger partial charge is 0.313 e. The van der Waals surface area contributed by atoms with Crippen molar-refractivity contribution in [2.45, 2.75) is 28.6 Å². The Kier molecular flexibility index (Phi) is 6.86. The number of benzene rings is 7. The molecule has 1 unspecified atom stereocenters. The zero-order valence-electron chi connectivity index (χ0n) is 30.2. The van der Waals surface area contributed by atoms with E-state index >= 15 is 0 Å². The summed E-state index contributed by atoms with van der Waals surface area (Å²) < 4.78 is 33.5. The molecular weight excluding hydrogens is 693 g/mol. The number of hydrogen-bond donors (Lipinski definition) is 0. The summed E-state index contributed by atoms with van der Waals surface area (Å²) in [6, 6.07) is 58.5. The topological polar surface area (TPSA) is 44.0 Å². The second kappa shape index (κ2) is 11.8. The molecule has 0 saturated heterocycles. The van der Waals surface area contributed by atoms with Gasteiger partial charge in [0.25, 0.3) is 0 Å². The van der Waals surface area contributed by atoms with Crippen LogP contribution in [-0.4, -0.2) is 17.6 Å². The first-order valence-electron chi connectivity index (χ1n) is 18.9. The van der Waals surface area contributed by atoms with Crippen LogP contribution < -0.4 is 0 Å². The van der Waals surface area contributed by atoms with Crippen LogP contribution in [0, 0.1) is 5.92 Å². The van der Waals surface area contributed by atoms with Gasteiger partial charge in [-0.3, -0.25) is 0 Å². The number of fused-ring (bicyclic) bond motifs is 8. The van der Waals surface area contributed by atoms with E-state index in [2.05, 4.69) is 150 Å². The van der Waals surface area contributed by atoms with Crippen LogP contribution in [0.3, 0.4) is 0 Å². The Bertz CT molecular complexity index is 3040. The monoisotopic (exact) mass is 728 g/mol. The molecule has 4 nitrogen and oxygen atoms in total. The zero-order chi connectivity index (χ0) is 36.9. The third kappa shape index (κ3) is 4.42. The number of allylic oxidation sites excluding steroid dienone is 1. The Morgan fingerprint density at radius 2 is 0.945 bits per heavy atom. The Balaban J connectivity index is 1.16. The van der Waals surface area contributed by atoms with Crippen LogP contribution in [0.4, 0.5) is 0 Å². The molecule has 2 aromatic heterocycles. The molecule has 3 heterocycles. The second-order valence-corrected chi connectivity index (χ2v) is 16.8. The SMILES string of the molecule is CC1C=Cc2c(n(-c3ccc(C4(c5ccc(-n6c7ccccc7c7ccccc76)cc5)c5ccccc5S(=O)(=O)c5ccccc54)cc3)c3ccccc23)C1. The predicted molar refractivity (Wildman–Crippen MR) is 223 cm³/mol. The summed E-state index contributed by atoms with van der Waals surface area (Å²) in [7, 11) is -3.78. The standard InChI is InChI=1S/C50H36N2O2S/c1-33-22-31-41-40-14-4-9-19-46(40)52(47(41)32-33)37-29-25-35(26-30-37)50(42-15-5-10-20-48(42)55(53,54)49-21-11-6-16-43(49)50)34-23-27-36(28-24-34)51-44-17-7-2-12-38(44)39-13-3-8-18-45(39)51/h2-31,33H,32H2,1H3. The predicted octanol–water partition coefficient (Wildman–Crippen LogP) is 11.5. The van der Waals surface area contributed by atoms with E-state index < -0.39 is 15.3 Å². The van der Waals surface area contributed by atoms with Crippen molar-refractivity contribution in [2.75, 3.05) is 0 Å². The van der Waals surface area contributed by atoms with Gasteiger partial charge in [-0.2, -0.15) is 0 Å². The summed E-state index contributed by atoms with van der Waals surface area (Å²) in [6.45, 7) is 2.27. The zero-order valence-corrected chi connectivity index (χ0v) is 31.0. The molecular formula is C50H36N2O2S. The van der Waals surface area contributed by atoms with Crippen LogP contribution in [0.15, 0.2) is 186 Å². The minimum Gasteiger partial charge on any atom is -0.313 e. The molecule has 55 heavy (non-hydrogen) atoms. The molecule has 1 aliphatic heterocycles. The van der Waals surface area contributed by atoms with Crippen molar-refractivity contribution in [1.29, 1.82) is 0 Å². The lowest BCUT2D eigenvalue weighted by atomic mass is 9.65. The Morgan fingerprint density at radius 3 is 1.49 bits per heavy atom. The van der Waals surface area contributed by atoms with Crippen molar-refractivity contribution < 1.29 is 8.42 Å². The lowest BCUT2D eigenvalue weighted by Gasteiger charge is -2.42. The lowest BCUT2D eigenvalue weighted by Crippen LogP contribution is -2.37. The van der Waals surface area contributed by atoms with Crippen molar-refractivity contribution in [3.8, 4) is 11.4 Å². The van der Waals surface area contributed by atoms with Gasteiger partial charge in [0.2, 0.25) is 9.84 Å². The smallest absolute Gasteiger partial charge is 0.207 e. The van der Waals surface area contributed by atoms with Gasteiger partial charge in [0, 0.05) is 38.8 Å². The molecule has 11 rings (SSSR count). The maximum Gasteiger partial charge on any atom is 0.207 e. The van der Waals surface area contributed by atoms with E-state index in [4.69, 9.17) is 0 Å². The minimum absolute atomic E-state index is 0.343. The lowest BCUT2D eigenvalue weighted by molar-refractivity contribution is 0.578. The van der Waals surface area contributed by atoms with E-state index in [0.717, 1.165) is 51.1 Å². The molecule has 1 atom stereocenters. The molecule has 9 aromatic rings. The molecule has 0 amide bonds. The maximum absolute atomic E-state index is 14.4. The molecule has 264 valence electrons. The van der Waals surface area contributed by atoms with Gasteiger partial charge in [-0.1, -0.05) is 134 Å². The summed E-state index contributed by atoms with van der Waals surface area (Å²) in [6.07, 6.45) is 5.55. The fraction of sp³-hybridized carbons (Fsp3) is 0.0800. The van der Waals surface area contributed by atoms with E-state index in [0.29, 0.717) is 15.7 Å². The average molecular weight is 729 g/mol. The van der Waals surface area contributed by atoms with Gasteiger partial charge in [0.15, 0.2) is 0 Å². The van der Waals surface area contributed by atoms with Crippen LogP contribution in [0.5, 0.6) is 0 Å². The third-order valence-corrected chi connectivity index (χ3v) is 13.9. The molecule has 0 radical (unpaired) electrons. The molecule has 5 heteroatoms.